The summed E-state index contributed by atoms with van der Waals surface area (Å²) in [5, 5.41) is 3.40. The summed E-state index contributed by atoms with van der Waals surface area (Å²) in [6.07, 6.45) is 0.588. The molecule has 1 unspecified atom stereocenters. The molecule has 0 aromatic rings. The molecule has 0 spiro atoms. The summed E-state index contributed by atoms with van der Waals surface area (Å²) < 4.78 is 0. The molecule has 0 aromatic carbocycles. The average molecular weight is 299 g/mol. The van der Waals surface area contributed by atoms with Gasteiger partial charge in [0.2, 0.25) is 11.8 Å². The van der Waals surface area contributed by atoms with E-state index in [4.69, 9.17) is 0 Å². The monoisotopic (exact) mass is 299 g/mol. The van der Waals surface area contributed by atoms with Gasteiger partial charge in [-0.15, -0.1) is 0 Å². The lowest BCUT2D eigenvalue weighted by Crippen LogP contribution is -2.52. The minimum absolute atomic E-state index is 0.0423. The third-order valence-electron chi connectivity index (χ3n) is 3.86. The van der Waals surface area contributed by atoms with E-state index in [1.54, 1.807) is 0 Å². The molecule has 2 saturated heterocycles. The molecule has 0 saturated carbocycles. The summed E-state index contributed by atoms with van der Waals surface area (Å²) in [6, 6.07) is 0.316. The molecule has 2 fully saturated rings. The smallest absolute Gasteiger partial charge is 0.225 e. The molecule has 2 rings (SSSR count). The number of hydrogen-bond acceptors (Lipinski definition) is 4. The number of amides is 2. The summed E-state index contributed by atoms with van der Waals surface area (Å²) in [5.74, 6) is 2.63. The van der Waals surface area contributed by atoms with Crippen molar-refractivity contribution in [1.82, 2.24) is 15.1 Å². The molecule has 0 bridgehead atoms. The quantitative estimate of drug-likeness (QED) is 0.820. The Kier molecular flexibility index (Phi) is 5.72. The van der Waals surface area contributed by atoms with Gasteiger partial charge in [0, 0.05) is 62.6 Å². The molecule has 2 aliphatic rings. The first-order valence-electron chi connectivity index (χ1n) is 7.45. The lowest BCUT2D eigenvalue weighted by Gasteiger charge is -2.36. The van der Waals surface area contributed by atoms with Crippen LogP contribution < -0.4 is 5.32 Å². The van der Waals surface area contributed by atoms with Crippen LogP contribution in [0.5, 0.6) is 0 Å². The molecule has 0 radical (unpaired) electrons. The largest absolute Gasteiger partial charge is 0.339 e. The standard InChI is InChI=1S/C14H25N3O2S/c1-11(2)14(19)17-6-4-16(5-7-17)13(18)9-12-10-20-8-3-15-12/h11-12,15H,3-10H2,1-2H3. The Morgan fingerprint density at radius 2 is 1.85 bits per heavy atom. The van der Waals surface area contributed by atoms with Crippen LogP contribution in [0.25, 0.3) is 0 Å². The molecular formula is C14H25N3O2S. The van der Waals surface area contributed by atoms with Gasteiger partial charge in [0.05, 0.1) is 0 Å². The second-order valence-electron chi connectivity index (χ2n) is 5.79. The highest BCUT2D eigenvalue weighted by atomic mass is 32.2. The van der Waals surface area contributed by atoms with Crippen molar-refractivity contribution in [2.24, 2.45) is 5.92 Å². The second-order valence-corrected chi connectivity index (χ2v) is 6.94. The maximum atomic E-state index is 12.2. The Balaban J connectivity index is 1.75. The van der Waals surface area contributed by atoms with Gasteiger partial charge in [-0.2, -0.15) is 11.8 Å². The molecular weight excluding hydrogens is 274 g/mol. The fourth-order valence-corrected chi connectivity index (χ4v) is 3.58. The predicted molar refractivity (Wildman–Crippen MR) is 81.7 cm³/mol. The van der Waals surface area contributed by atoms with Crippen molar-refractivity contribution < 1.29 is 9.59 Å². The van der Waals surface area contributed by atoms with Gasteiger partial charge in [0.15, 0.2) is 0 Å². The van der Waals surface area contributed by atoms with E-state index < -0.39 is 0 Å². The summed E-state index contributed by atoms with van der Waals surface area (Å²) in [7, 11) is 0. The summed E-state index contributed by atoms with van der Waals surface area (Å²) in [6.45, 7) is 7.55. The maximum Gasteiger partial charge on any atom is 0.225 e. The van der Waals surface area contributed by atoms with Crippen LogP contribution in [0, 0.1) is 5.92 Å². The van der Waals surface area contributed by atoms with Crippen molar-refractivity contribution in [3.63, 3.8) is 0 Å². The van der Waals surface area contributed by atoms with Crippen LogP contribution in [0.3, 0.4) is 0 Å². The molecule has 5 nitrogen and oxygen atoms in total. The molecule has 20 heavy (non-hydrogen) atoms. The zero-order valence-corrected chi connectivity index (χ0v) is 13.2. The van der Waals surface area contributed by atoms with Gasteiger partial charge in [0.25, 0.3) is 0 Å². The van der Waals surface area contributed by atoms with E-state index >= 15 is 0 Å². The van der Waals surface area contributed by atoms with Crippen LogP contribution >= 0.6 is 11.8 Å². The number of piperazine rings is 1. The molecule has 2 heterocycles. The fraction of sp³-hybridized carbons (Fsp3) is 0.857. The van der Waals surface area contributed by atoms with Gasteiger partial charge in [-0.1, -0.05) is 13.8 Å². The van der Waals surface area contributed by atoms with Gasteiger partial charge in [-0.3, -0.25) is 9.59 Å². The van der Waals surface area contributed by atoms with E-state index in [9.17, 15) is 9.59 Å². The third kappa shape index (κ3) is 4.12. The first-order chi connectivity index (χ1) is 9.58. The number of rotatable bonds is 3. The number of hydrogen-bond donors (Lipinski definition) is 1. The van der Waals surface area contributed by atoms with Crippen molar-refractivity contribution in [3.8, 4) is 0 Å². The Morgan fingerprint density at radius 1 is 1.20 bits per heavy atom. The topological polar surface area (TPSA) is 52.7 Å². The van der Waals surface area contributed by atoms with Gasteiger partial charge >= 0.3 is 0 Å². The SMILES string of the molecule is CC(C)C(=O)N1CCN(C(=O)CC2CSCCN2)CC1. The van der Waals surface area contributed by atoms with Crippen molar-refractivity contribution in [1.29, 1.82) is 0 Å². The molecule has 0 aliphatic carbocycles. The van der Waals surface area contributed by atoms with E-state index in [2.05, 4.69) is 5.32 Å². The highest BCUT2D eigenvalue weighted by Crippen LogP contribution is 2.13. The van der Waals surface area contributed by atoms with Crippen LogP contribution in [-0.2, 0) is 9.59 Å². The Hall–Kier alpha value is -0.750. The van der Waals surface area contributed by atoms with Crippen molar-refractivity contribution >= 4 is 23.6 Å². The van der Waals surface area contributed by atoms with Crippen LogP contribution in [-0.4, -0.2) is 71.9 Å². The van der Waals surface area contributed by atoms with E-state index in [-0.39, 0.29) is 17.7 Å². The molecule has 1 atom stereocenters. The average Bonchev–Trinajstić information content (AvgIpc) is 2.47. The Labute approximate surface area is 125 Å². The highest BCUT2D eigenvalue weighted by Gasteiger charge is 2.27. The fourth-order valence-electron chi connectivity index (χ4n) is 2.63. The van der Waals surface area contributed by atoms with Crippen molar-refractivity contribution in [2.45, 2.75) is 26.3 Å². The number of nitrogens with zero attached hydrogens (tertiary/aromatic N) is 2. The lowest BCUT2D eigenvalue weighted by atomic mass is 10.1. The van der Waals surface area contributed by atoms with Crippen molar-refractivity contribution in [3.05, 3.63) is 0 Å². The first-order valence-corrected chi connectivity index (χ1v) is 8.61. The molecule has 2 aliphatic heterocycles. The number of carbonyl (C=O) groups is 2. The van der Waals surface area contributed by atoms with E-state index in [0.717, 1.165) is 18.1 Å². The number of nitrogens with one attached hydrogen (secondary N) is 1. The second kappa shape index (κ2) is 7.31. The van der Waals surface area contributed by atoms with Gasteiger partial charge in [0.1, 0.15) is 0 Å². The minimum Gasteiger partial charge on any atom is -0.339 e. The normalized spacial score (nSPS) is 24.1. The van der Waals surface area contributed by atoms with E-state index in [1.165, 1.54) is 0 Å². The molecule has 6 heteroatoms. The zero-order chi connectivity index (χ0) is 14.5. The van der Waals surface area contributed by atoms with Crippen LogP contribution in [0.2, 0.25) is 0 Å². The Morgan fingerprint density at radius 3 is 2.40 bits per heavy atom. The third-order valence-corrected chi connectivity index (χ3v) is 4.99. The Bertz CT molecular complexity index is 348. The van der Waals surface area contributed by atoms with Crippen LogP contribution in [0.1, 0.15) is 20.3 Å². The molecule has 0 aromatic heterocycles. The predicted octanol–water partition coefficient (Wildman–Crippen LogP) is 0.408. The highest BCUT2D eigenvalue weighted by molar-refractivity contribution is 7.99. The maximum absolute atomic E-state index is 12.2. The lowest BCUT2D eigenvalue weighted by molar-refractivity contribution is -0.141. The summed E-state index contributed by atoms with van der Waals surface area (Å²) >= 11 is 1.91. The van der Waals surface area contributed by atoms with Gasteiger partial charge in [-0.25, -0.2) is 0 Å². The van der Waals surface area contributed by atoms with Gasteiger partial charge < -0.3 is 15.1 Å². The molecule has 2 amide bonds. The number of carbonyl (C=O) groups excluding carboxylic acids is 2. The zero-order valence-electron chi connectivity index (χ0n) is 12.4. The van der Waals surface area contributed by atoms with Gasteiger partial charge in [-0.05, 0) is 0 Å². The van der Waals surface area contributed by atoms with Crippen LogP contribution in [0.4, 0.5) is 0 Å². The molecule has 114 valence electrons. The summed E-state index contributed by atoms with van der Waals surface area (Å²) in [4.78, 5) is 27.9. The minimum atomic E-state index is 0.0423. The first kappa shape index (κ1) is 15.6. The van der Waals surface area contributed by atoms with E-state index in [1.807, 2.05) is 35.4 Å². The van der Waals surface area contributed by atoms with E-state index in [0.29, 0.717) is 38.6 Å². The molecule has 1 N–H and O–H groups in total. The van der Waals surface area contributed by atoms with Crippen LogP contribution in [0.15, 0.2) is 0 Å². The van der Waals surface area contributed by atoms with Crippen molar-refractivity contribution in [2.75, 3.05) is 44.2 Å². The summed E-state index contributed by atoms with van der Waals surface area (Å²) in [5.41, 5.74) is 0. The number of thioether (sulfide) groups is 1.